The summed E-state index contributed by atoms with van der Waals surface area (Å²) in [5.74, 6) is 0.521. The quantitative estimate of drug-likeness (QED) is 0.848. The van der Waals surface area contributed by atoms with Gasteiger partial charge in [0.15, 0.2) is 0 Å². The van der Waals surface area contributed by atoms with Gasteiger partial charge in [-0.2, -0.15) is 0 Å². The van der Waals surface area contributed by atoms with Gasteiger partial charge in [-0.1, -0.05) is 32.9 Å². The van der Waals surface area contributed by atoms with E-state index in [4.69, 9.17) is 9.84 Å². The second-order valence-corrected chi connectivity index (χ2v) is 6.43. The summed E-state index contributed by atoms with van der Waals surface area (Å²) < 4.78 is 5.12. The molecule has 0 saturated carbocycles. The van der Waals surface area contributed by atoms with E-state index in [0.717, 1.165) is 11.3 Å². The first-order valence-electron chi connectivity index (χ1n) is 7.34. The highest BCUT2D eigenvalue weighted by molar-refractivity contribution is 5.83. The van der Waals surface area contributed by atoms with Gasteiger partial charge in [0.25, 0.3) is 0 Å². The van der Waals surface area contributed by atoms with Gasteiger partial charge in [0.1, 0.15) is 5.75 Å². The van der Waals surface area contributed by atoms with E-state index >= 15 is 0 Å². The van der Waals surface area contributed by atoms with Crippen LogP contribution in [-0.2, 0) is 4.79 Å². The normalized spacial score (nSPS) is 14.4. The molecule has 21 heavy (non-hydrogen) atoms. The van der Waals surface area contributed by atoms with Crippen LogP contribution in [0.25, 0.3) is 0 Å². The minimum Gasteiger partial charge on any atom is -0.497 e. The van der Waals surface area contributed by atoms with Crippen LogP contribution in [0.5, 0.6) is 5.75 Å². The monoisotopic (exact) mass is 293 g/mol. The molecular formula is C17H27NO3. The number of hydrogen-bond acceptors (Lipinski definition) is 3. The third kappa shape index (κ3) is 5.05. The average molecular weight is 293 g/mol. The van der Waals surface area contributed by atoms with E-state index in [9.17, 15) is 4.79 Å². The number of aliphatic hydroxyl groups excluding tert-OH is 1. The number of benzene rings is 1. The molecule has 0 aliphatic heterocycles. The van der Waals surface area contributed by atoms with Crippen molar-refractivity contribution in [1.29, 1.82) is 0 Å². The molecule has 0 aliphatic carbocycles. The van der Waals surface area contributed by atoms with Crippen molar-refractivity contribution in [2.45, 2.75) is 46.1 Å². The van der Waals surface area contributed by atoms with Crippen molar-refractivity contribution in [2.24, 2.45) is 5.41 Å². The zero-order valence-electron chi connectivity index (χ0n) is 13.6. The van der Waals surface area contributed by atoms with E-state index in [2.05, 4.69) is 26.1 Å². The SMILES string of the molecule is COc1ccc(C(C)C(=O)NC(CCO)C(C)(C)C)cc1. The number of carbonyl (C=O) groups is 1. The van der Waals surface area contributed by atoms with Gasteiger partial charge in [-0.3, -0.25) is 4.79 Å². The van der Waals surface area contributed by atoms with Crippen LogP contribution < -0.4 is 10.1 Å². The van der Waals surface area contributed by atoms with Crippen molar-refractivity contribution in [3.05, 3.63) is 29.8 Å². The van der Waals surface area contributed by atoms with E-state index in [0.29, 0.717) is 6.42 Å². The van der Waals surface area contributed by atoms with Crippen molar-refractivity contribution < 1.29 is 14.6 Å². The standard InChI is InChI=1S/C17H27NO3/c1-12(13-6-8-14(21-5)9-7-13)16(20)18-15(10-11-19)17(2,3)4/h6-9,12,15,19H,10-11H2,1-5H3,(H,18,20). The molecule has 1 aromatic rings. The molecular weight excluding hydrogens is 266 g/mol. The zero-order chi connectivity index (χ0) is 16.0. The molecule has 0 aromatic heterocycles. The Kier molecular flexibility index (Phi) is 6.21. The molecule has 4 nitrogen and oxygen atoms in total. The van der Waals surface area contributed by atoms with Gasteiger partial charge >= 0.3 is 0 Å². The van der Waals surface area contributed by atoms with Crippen LogP contribution in [0, 0.1) is 5.41 Å². The predicted molar refractivity (Wildman–Crippen MR) is 84.5 cm³/mol. The number of aliphatic hydroxyl groups is 1. The van der Waals surface area contributed by atoms with E-state index in [-0.39, 0.29) is 29.9 Å². The molecule has 0 aliphatic rings. The van der Waals surface area contributed by atoms with Gasteiger partial charge in [-0.05, 0) is 36.5 Å². The fraction of sp³-hybridized carbons (Fsp3) is 0.588. The first-order valence-corrected chi connectivity index (χ1v) is 7.34. The minimum absolute atomic E-state index is 0.0199. The maximum atomic E-state index is 12.4. The van der Waals surface area contributed by atoms with E-state index in [1.54, 1.807) is 7.11 Å². The minimum atomic E-state index is -0.237. The van der Waals surface area contributed by atoms with Gasteiger partial charge < -0.3 is 15.2 Å². The molecule has 0 bridgehead atoms. The number of rotatable bonds is 6. The van der Waals surface area contributed by atoms with E-state index in [1.807, 2.05) is 31.2 Å². The molecule has 2 unspecified atom stereocenters. The molecule has 0 saturated heterocycles. The van der Waals surface area contributed by atoms with E-state index < -0.39 is 0 Å². The van der Waals surface area contributed by atoms with Gasteiger partial charge in [-0.25, -0.2) is 0 Å². The van der Waals surface area contributed by atoms with Crippen LogP contribution in [-0.4, -0.2) is 30.8 Å². The Bertz CT molecular complexity index is 448. The van der Waals surface area contributed by atoms with Crippen LogP contribution in [0.15, 0.2) is 24.3 Å². The molecule has 118 valence electrons. The summed E-state index contributed by atoms with van der Waals surface area (Å²) >= 11 is 0. The van der Waals surface area contributed by atoms with Gasteiger partial charge in [-0.15, -0.1) is 0 Å². The van der Waals surface area contributed by atoms with Crippen LogP contribution in [0.3, 0.4) is 0 Å². The number of nitrogens with one attached hydrogen (secondary N) is 1. The molecule has 0 fully saturated rings. The zero-order valence-corrected chi connectivity index (χ0v) is 13.6. The number of hydrogen-bond donors (Lipinski definition) is 2. The van der Waals surface area contributed by atoms with Crippen molar-refractivity contribution >= 4 is 5.91 Å². The molecule has 0 heterocycles. The highest BCUT2D eigenvalue weighted by Crippen LogP contribution is 2.24. The Hall–Kier alpha value is -1.55. The maximum Gasteiger partial charge on any atom is 0.227 e. The summed E-state index contributed by atoms with van der Waals surface area (Å²) in [6.45, 7) is 8.14. The lowest BCUT2D eigenvalue weighted by molar-refractivity contribution is -0.123. The third-order valence-corrected chi connectivity index (χ3v) is 3.79. The van der Waals surface area contributed by atoms with Crippen LogP contribution in [0.4, 0.5) is 0 Å². The summed E-state index contributed by atoms with van der Waals surface area (Å²) in [4.78, 5) is 12.4. The number of amides is 1. The highest BCUT2D eigenvalue weighted by Gasteiger charge is 2.27. The van der Waals surface area contributed by atoms with Crippen molar-refractivity contribution in [3.8, 4) is 5.75 Å². The average Bonchev–Trinajstić information content (AvgIpc) is 2.45. The summed E-state index contributed by atoms with van der Waals surface area (Å²) in [5.41, 5.74) is 0.864. The molecule has 1 aromatic carbocycles. The Labute approximate surface area is 127 Å². The van der Waals surface area contributed by atoms with Crippen LogP contribution in [0.2, 0.25) is 0 Å². The molecule has 0 radical (unpaired) electrons. The Morgan fingerprint density at radius 1 is 1.29 bits per heavy atom. The fourth-order valence-electron chi connectivity index (χ4n) is 2.19. The molecule has 0 spiro atoms. The summed E-state index contributed by atoms with van der Waals surface area (Å²) in [5, 5.41) is 12.2. The maximum absolute atomic E-state index is 12.4. The molecule has 4 heteroatoms. The van der Waals surface area contributed by atoms with Crippen LogP contribution >= 0.6 is 0 Å². The van der Waals surface area contributed by atoms with Crippen molar-refractivity contribution in [1.82, 2.24) is 5.32 Å². The van der Waals surface area contributed by atoms with Crippen molar-refractivity contribution in [2.75, 3.05) is 13.7 Å². The highest BCUT2D eigenvalue weighted by atomic mass is 16.5. The lowest BCUT2D eigenvalue weighted by atomic mass is 9.84. The number of carbonyl (C=O) groups excluding carboxylic acids is 1. The summed E-state index contributed by atoms with van der Waals surface area (Å²) in [7, 11) is 1.62. The Balaban J connectivity index is 2.76. The largest absolute Gasteiger partial charge is 0.497 e. The smallest absolute Gasteiger partial charge is 0.227 e. The molecule has 2 atom stereocenters. The molecule has 2 N–H and O–H groups in total. The predicted octanol–water partition coefficient (Wildman–Crippen LogP) is 2.71. The topological polar surface area (TPSA) is 58.6 Å². The summed E-state index contributed by atoms with van der Waals surface area (Å²) in [6.07, 6.45) is 0.560. The summed E-state index contributed by atoms with van der Waals surface area (Å²) in [6, 6.07) is 7.47. The Morgan fingerprint density at radius 2 is 1.86 bits per heavy atom. The van der Waals surface area contributed by atoms with Crippen molar-refractivity contribution in [3.63, 3.8) is 0 Å². The van der Waals surface area contributed by atoms with Gasteiger partial charge in [0.2, 0.25) is 5.91 Å². The number of methoxy groups -OCH3 is 1. The lowest BCUT2D eigenvalue weighted by Crippen LogP contribution is -2.45. The second kappa shape index (κ2) is 7.46. The van der Waals surface area contributed by atoms with E-state index in [1.165, 1.54) is 0 Å². The van der Waals surface area contributed by atoms with Gasteiger partial charge in [0.05, 0.1) is 13.0 Å². The Morgan fingerprint density at radius 3 is 2.29 bits per heavy atom. The lowest BCUT2D eigenvalue weighted by Gasteiger charge is -2.32. The fourth-order valence-corrected chi connectivity index (χ4v) is 2.19. The second-order valence-electron chi connectivity index (χ2n) is 6.43. The first-order chi connectivity index (χ1) is 9.79. The first kappa shape index (κ1) is 17.5. The van der Waals surface area contributed by atoms with Gasteiger partial charge in [0, 0.05) is 12.6 Å². The molecule has 1 rings (SSSR count). The number of ether oxygens (including phenoxy) is 1. The molecule has 1 amide bonds. The van der Waals surface area contributed by atoms with Crippen LogP contribution in [0.1, 0.15) is 45.6 Å². The third-order valence-electron chi connectivity index (χ3n) is 3.79.